The lowest BCUT2D eigenvalue weighted by Crippen LogP contribution is -2.36. The number of piperidine rings is 1. The molecular formula is C19H28ClN3O4S. The molecule has 1 amide bonds. The fraction of sp³-hybridized carbons (Fsp3) is 0.632. The number of nitrogens with one attached hydrogen (secondary N) is 1. The van der Waals surface area contributed by atoms with Crippen LogP contribution in [0.3, 0.4) is 0 Å². The van der Waals surface area contributed by atoms with Crippen LogP contribution >= 0.6 is 11.6 Å². The van der Waals surface area contributed by atoms with Crippen LogP contribution < -0.4 is 5.32 Å². The molecule has 156 valence electrons. The van der Waals surface area contributed by atoms with Gasteiger partial charge in [0.2, 0.25) is 15.9 Å². The van der Waals surface area contributed by atoms with Gasteiger partial charge in [0.05, 0.1) is 15.6 Å². The molecule has 1 aromatic rings. The molecule has 7 nitrogen and oxygen atoms in total. The number of carbonyl (C=O) groups excluding carboxylic acids is 1. The average Bonchev–Trinajstić information content (AvgIpc) is 3.24. The summed E-state index contributed by atoms with van der Waals surface area (Å²) in [6.45, 7) is 3.67. The van der Waals surface area contributed by atoms with E-state index in [0.717, 1.165) is 38.8 Å². The van der Waals surface area contributed by atoms with E-state index in [1.54, 1.807) is 0 Å². The number of hydrogen-bond donors (Lipinski definition) is 2. The normalized spacial score (nSPS) is 19.8. The van der Waals surface area contributed by atoms with Crippen molar-refractivity contribution in [3.05, 3.63) is 23.2 Å². The van der Waals surface area contributed by atoms with Crippen LogP contribution in [-0.4, -0.2) is 68.0 Å². The first-order chi connectivity index (χ1) is 13.4. The summed E-state index contributed by atoms with van der Waals surface area (Å²) in [7, 11) is -3.56. The number of anilines is 1. The number of aliphatic hydroxyl groups is 1. The molecule has 0 atom stereocenters. The van der Waals surface area contributed by atoms with Gasteiger partial charge < -0.3 is 15.3 Å². The Balaban J connectivity index is 1.58. The third-order valence-electron chi connectivity index (χ3n) is 5.54. The second-order valence-corrected chi connectivity index (χ2v) is 9.86. The monoisotopic (exact) mass is 429 g/mol. The highest BCUT2D eigenvalue weighted by Crippen LogP contribution is 2.28. The molecule has 0 spiro atoms. The van der Waals surface area contributed by atoms with Crippen LogP contribution in [-0.2, 0) is 14.8 Å². The molecule has 0 saturated carbocycles. The Morgan fingerprint density at radius 1 is 1.18 bits per heavy atom. The average molecular weight is 430 g/mol. The Morgan fingerprint density at radius 2 is 1.86 bits per heavy atom. The van der Waals surface area contributed by atoms with Crippen LogP contribution in [0, 0.1) is 5.92 Å². The second-order valence-electron chi connectivity index (χ2n) is 7.52. The van der Waals surface area contributed by atoms with Gasteiger partial charge in [0, 0.05) is 32.7 Å². The molecular weight excluding hydrogens is 402 g/mol. The van der Waals surface area contributed by atoms with Crippen molar-refractivity contribution in [3.8, 4) is 0 Å². The molecule has 28 heavy (non-hydrogen) atoms. The molecule has 1 aromatic carbocycles. The summed E-state index contributed by atoms with van der Waals surface area (Å²) >= 11 is 6.17. The number of halogens is 1. The lowest BCUT2D eigenvalue weighted by molar-refractivity contribution is -0.116. The fourth-order valence-corrected chi connectivity index (χ4v) is 5.41. The van der Waals surface area contributed by atoms with Gasteiger partial charge in [-0.1, -0.05) is 11.6 Å². The van der Waals surface area contributed by atoms with Crippen molar-refractivity contribution in [2.45, 2.75) is 37.0 Å². The minimum atomic E-state index is -3.56. The van der Waals surface area contributed by atoms with Crippen molar-refractivity contribution in [2.75, 3.05) is 44.6 Å². The molecule has 3 rings (SSSR count). The minimum Gasteiger partial charge on any atom is -0.396 e. The molecule has 2 aliphatic rings. The number of nitrogens with zero attached hydrogens (tertiary/aromatic N) is 2. The van der Waals surface area contributed by atoms with E-state index in [0.29, 0.717) is 42.7 Å². The number of hydrogen-bond acceptors (Lipinski definition) is 5. The fourth-order valence-electron chi connectivity index (χ4n) is 3.70. The zero-order valence-electron chi connectivity index (χ0n) is 15.9. The molecule has 2 N–H and O–H groups in total. The van der Waals surface area contributed by atoms with Crippen LogP contribution in [0.25, 0.3) is 0 Å². The summed E-state index contributed by atoms with van der Waals surface area (Å²) in [5.74, 6) is 0.172. The van der Waals surface area contributed by atoms with Crippen LogP contribution in [0.15, 0.2) is 23.1 Å². The molecule has 9 heteroatoms. The highest BCUT2D eigenvalue weighted by Gasteiger charge is 2.28. The zero-order valence-corrected chi connectivity index (χ0v) is 17.5. The zero-order chi connectivity index (χ0) is 20.1. The molecule has 0 aromatic heterocycles. The first-order valence-electron chi connectivity index (χ1n) is 9.83. The molecule has 2 heterocycles. The van der Waals surface area contributed by atoms with Crippen LogP contribution in [0.4, 0.5) is 5.69 Å². The third kappa shape index (κ3) is 5.24. The van der Waals surface area contributed by atoms with Crippen molar-refractivity contribution in [1.82, 2.24) is 9.21 Å². The molecule has 2 fully saturated rings. The van der Waals surface area contributed by atoms with Crippen LogP contribution in [0.1, 0.15) is 32.1 Å². The van der Waals surface area contributed by atoms with E-state index in [-0.39, 0.29) is 17.4 Å². The number of benzene rings is 1. The maximum absolute atomic E-state index is 12.7. The van der Waals surface area contributed by atoms with Gasteiger partial charge in [-0.05, 0) is 62.9 Å². The first kappa shape index (κ1) is 21.5. The van der Waals surface area contributed by atoms with E-state index in [1.165, 1.54) is 22.5 Å². The van der Waals surface area contributed by atoms with Crippen molar-refractivity contribution >= 4 is 33.2 Å². The van der Waals surface area contributed by atoms with Gasteiger partial charge in [-0.25, -0.2) is 8.42 Å². The maximum Gasteiger partial charge on any atom is 0.243 e. The number of aliphatic hydroxyl groups excluding tert-OH is 1. The first-order valence-corrected chi connectivity index (χ1v) is 11.6. The largest absolute Gasteiger partial charge is 0.396 e. The van der Waals surface area contributed by atoms with Crippen molar-refractivity contribution in [2.24, 2.45) is 5.92 Å². The van der Waals surface area contributed by atoms with E-state index in [4.69, 9.17) is 11.6 Å². The number of sulfonamides is 1. The Hall–Kier alpha value is -1.19. The minimum absolute atomic E-state index is 0.153. The Bertz CT molecular complexity index is 788. The summed E-state index contributed by atoms with van der Waals surface area (Å²) in [5.41, 5.74) is 0.325. The number of likely N-dealkylation sites (tertiary alicyclic amines) is 1. The molecule has 0 radical (unpaired) electrons. The molecule has 2 aliphatic heterocycles. The van der Waals surface area contributed by atoms with Gasteiger partial charge in [0.1, 0.15) is 0 Å². The SMILES string of the molecule is O=C(CCN1CCC(CO)CC1)Nc1cc(S(=O)(=O)N2CCCC2)ccc1Cl. The van der Waals surface area contributed by atoms with E-state index in [9.17, 15) is 18.3 Å². The van der Waals surface area contributed by atoms with Gasteiger partial charge in [-0.2, -0.15) is 4.31 Å². The summed E-state index contributed by atoms with van der Waals surface area (Å²) in [6, 6.07) is 4.44. The van der Waals surface area contributed by atoms with Gasteiger partial charge in [0.25, 0.3) is 0 Å². The maximum atomic E-state index is 12.7. The molecule has 0 unspecified atom stereocenters. The number of amides is 1. The van der Waals surface area contributed by atoms with E-state index < -0.39 is 10.0 Å². The van der Waals surface area contributed by atoms with E-state index in [2.05, 4.69) is 10.2 Å². The van der Waals surface area contributed by atoms with Crippen molar-refractivity contribution < 1.29 is 18.3 Å². The van der Waals surface area contributed by atoms with Gasteiger partial charge in [-0.15, -0.1) is 0 Å². The molecule has 0 aliphatic carbocycles. The lowest BCUT2D eigenvalue weighted by atomic mass is 9.98. The molecule has 2 saturated heterocycles. The Morgan fingerprint density at radius 3 is 2.50 bits per heavy atom. The Kier molecular flexibility index (Phi) is 7.33. The number of rotatable bonds is 7. The van der Waals surface area contributed by atoms with Gasteiger partial charge in [0.15, 0.2) is 0 Å². The quantitative estimate of drug-likeness (QED) is 0.693. The predicted octanol–water partition coefficient (Wildman–Crippen LogP) is 2.16. The van der Waals surface area contributed by atoms with Crippen molar-refractivity contribution in [3.63, 3.8) is 0 Å². The molecule has 0 bridgehead atoms. The van der Waals surface area contributed by atoms with Crippen molar-refractivity contribution in [1.29, 1.82) is 0 Å². The van der Waals surface area contributed by atoms with E-state index >= 15 is 0 Å². The smallest absolute Gasteiger partial charge is 0.243 e. The third-order valence-corrected chi connectivity index (χ3v) is 7.76. The topological polar surface area (TPSA) is 90.0 Å². The standard InChI is InChI=1S/C19H28ClN3O4S/c20-17-4-3-16(28(26,27)23-8-1-2-9-23)13-18(17)21-19(25)7-12-22-10-5-15(14-24)6-11-22/h3-4,13,15,24H,1-2,5-12,14H2,(H,21,25). The van der Waals surface area contributed by atoms with Gasteiger partial charge >= 0.3 is 0 Å². The van der Waals surface area contributed by atoms with E-state index in [1.807, 2.05) is 0 Å². The van der Waals surface area contributed by atoms with Crippen LogP contribution in [0.2, 0.25) is 5.02 Å². The summed E-state index contributed by atoms with van der Waals surface area (Å²) in [5, 5.41) is 12.3. The highest BCUT2D eigenvalue weighted by molar-refractivity contribution is 7.89. The van der Waals surface area contributed by atoms with Gasteiger partial charge in [-0.3, -0.25) is 4.79 Å². The summed E-state index contributed by atoms with van der Waals surface area (Å²) in [6.07, 6.45) is 3.93. The lowest BCUT2D eigenvalue weighted by Gasteiger charge is -2.30. The van der Waals surface area contributed by atoms with Crippen LogP contribution in [0.5, 0.6) is 0 Å². The highest BCUT2D eigenvalue weighted by atomic mass is 35.5. The Labute approximate surface area is 171 Å². The predicted molar refractivity (Wildman–Crippen MR) is 109 cm³/mol. The summed E-state index contributed by atoms with van der Waals surface area (Å²) in [4.78, 5) is 14.7. The second kappa shape index (κ2) is 9.54. The summed E-state index contributed by atoms with van der Waals surface area (Å²) < 4.78 is 26.9. The number of carbonyl (C=O) groups is 1.